The Bertz CT molecular complexity index is 629. The van der Waals surface area contributed by atoms with Gasteiger partial charge in [0.25, 0.3) is 0 Å². The van der Waals surface area contributed by atoms with Crippen LogP contribution in [0.1, 0.15) is 11.1 Å². The molecule has 0 aliphatic heterocycles. The van der Waals surface area contributed by atoms with Gasteiger partial charge in [0.05, 0.1) is 5.02 Å². The summed E-state index contributed by atoms with van der Waals surface area (Å²) in [6, 6.07) is 12.4. The molecule has 0 aromatic heterocycles. The van der Waals surface area contributed by atoms with Crippen molar-refractivity contribution >= 4 is 39.7 Å². The molecule has 0 aliphatic rings. The highest BCUT2D eigenvalue weighted by Gasteiger charge is 2.08. The molecule has 0 aliphatic carbocycles. The summed E-state index contributed by atoms with van der Waals surface area (Å²) in [5.74, 6) is -0.0266. The summed E-state index contributed by atoms with van der Waals surface area (Å²) in [5, 5.41) is 0.154. The summed E-state index contributed by atoms with van der Waals surface area (Å²) in [7, 11) is 0. The second kappa shape index (κ2) is 6.86. The van der Waals surface area contributed by atoms with Gasteiger partial charge in [-0.1, -0.05) is 57.9 Å². The van der Waals surface area contributed by atoms with Crippen molar-refractivity contribution in [2.24, 2.45) is 0 Å². The summed E-state index contributed by atoms with van der Waals surface area (Å²) in [6.45, 7) is -2.88. The van der Waals surface area contributed by atoms with Gasteiger partial charge in [-0.05, 0) is 35.4 Å². The number of rotatable bonds is 4. The van der Waals surface area contributed by atoms with Crippen LogP contribution in [0.15, 0.2) is 46.9 Å². The van der Waals surface area contributed by atoms with E-state index < -0.39 is 6.61 Å². The van der Waals surface area contributed by atoms with Gasteiger partial charge in [-0.3, -0.25) is 0 Å². The average molecular weight is 360 g/mol. The molecule has 0 saturated carbocycles. The van der Waals surface area contributed by atoms with Gasteiger partial charge in [0.2, 0.25) is 0 Å². The van der Waals surface area contributed by atoms with Crippen LogP contribution in [0.2, 0.25) is 5.02 Å². The fourth-order valence-corrected chi connectivity index (χ4v) is 2.27. The Morgan fingerprint density at radius 1 is 1.05 bits per heavy atom. The fraction of sp³-hybridized carbons (Fsp3) is 0.0667. The van der Waals surface area contributed by atoms with Gasteiger partial charge in [-0.2, -0.15) is 8.78 Å². The van der Waals surface area contributed by atoms with Crippen molar-refractivity contribution in [2.45, 2.75) is 6.61 Å². The zero-order chi connectivity index (χ0) is 14.5. The summed E-state index contributed by atoms with van der Waals surface area (Å²) >= 11 is 9.27. The Hall–Kier alpha value is -1.39. The second-order valence-corrected chi connectivity index (χ2v) is 5.28. The molecule has 5 heteroatoms. The van der Waals surface area contributed by atoms with Crippen molar-refractivity contribution in [3.8, 4) is 5.75 Å². The maximum atomic E-state index is 12.1. The van der Waals surface area contributed by atoms with Crippen molar-refractivity contribution in [2.75, 3.05) is 0 Å². The average Bonchev–Trinajstić information content (AvgIpc) is 2.39. The molecule has 2 aromatic rings. The first-order valence-electron chi connectivity index (χ1n) is 5.72. The van der Waals surface area contributed by atoms with Gasteiger partial charge in [0.1, 0.15) is 5.75 Å². The Balaban J connectivity index is 2.16. The molecule has 0 fully saturated rings. The summed E-state index contributed by atoms with van der Waals surface area (Å²) in [6.07, 6.45) is 3.75. The summed E-state index contributed by atoms with van der Waals surface area (Å²) in [4.78, 5) is 0. The van der Waals surface area contributed by atoms with Crippen LogP contribution < -0.4 is 4.74 Å². The molecule has 0 saturated heterocycles. The number of hydrogen-bond acceptors (Lipinski definition) is 1. The van der Waals surface area contributed by atoms with Crippen LogP contribution in [-0.4, -0.2) is 6.61 Å². The highest BCUT2D eigenvalue weighted by Crippen LogP contribution is 2.27. The number of benzene rings is 2. The van der Waals surface area contributed by atoms with Crippen LogP contribution >= 0.6 is 27.5 Å². The van der Waals surface area contributed by atoms with E-state index in [0.717, 1.165) is 15.6 Å². The highest BCUT2D eigenvalue weighted by atomic mass is 79.9. The van der Waals surface area contributed by atoms with E-state index in [4.69, 9.17) is 11.6 Å². The van der Waals surface area contributed by atoms with Crippen LogP contribution in [0.3, 0.4) is 0 Å². The van der Waals surface area contributed by atoms with E-state index in [1.807, 2.05) is 36.4 Å². The maximum absolute atomic E-state index is 12.1. The van der Waals surface area contributed by atoms with E-state index in [-0.39, 0.29) is 10.8 Å². The van der Waals surface area contributed by atoms with Crippen molar-refractivity contribution < 1.29 is 13.5 Å². The highest BCUT2D eigenvalue weighted by molar-refractivity contribution is 9.10. The molecule has 0 amide bonds. The number of hydrogen-bond donors (Lipinski definition) is 0. The van der Waals surface area contributed by atoms with E-state index in [1.54, 1.807) is 12.1 Å². The number of alkyl halides is 2. The number of halogens is 4. The van der Waals surface area contributed by atoms with Crippen molar-refractivity contribution in [1.29, 1.82) is 0 Å². The molecule has 2 aromatic carbocycles. The lowest BCUT2D eigenvalue weighted by Gasteiger charge is -2.06. The minimum absolute atomic E-state index is 0.0266. The predicted molar refractivity (Wildman–Crippen MR) is 81.2 cm³/mol. The standard InChI is InChI=1S/C15H10BrClF2O/c16-12-3-1-2-10(8-12)4-5-11-6-7-14(13(17)9-11)20-15(18)19/h1-9,15H. The molecule has 0 unspecified atom stereocenters. The Morgan fingerprint density at radius 3 is 2.35 bits per heavy atom. The number of ether oxygens (including phenoxy) is 1. The molecular formula is C15H10BrClF2O. The predicted octanol–water partition coefficient (Wildman–Crippen LogP) is 5.87. The van der Waals surface area contributed by atoms with Crippen LogP contribution in [0.4, 0.5) is 8.78 Å². The maximum Gasteiger partial charge on any atom is 0.387 e. The first kappa shape index (κ1) is 15.0. The quantitative estimate of drug-likeness (QED) is 0.620. The molecular weight excluding hydrogens is 350 g/mol. The first-order chi connectivity index (χ1) is 9.54. The Labute approximate surface area is 129 Å². The Morgan fingerprint density at radius 2 is 1.75 bits per heavy atom. The van der Waals surface area contributed by atoms with Gasteiger partial charge in [-0.25, -0.2) is 0 Å². The summed E-state index contributed by atoms with van der Waals surface area (Å²) < 4.78 is 29.5. The molecule has 1 nitrogen and oxygen atoms in total. The van der Waals surface area contributed by atoms with Gasteiger partial charge in [0, 0.05) is 4.47 Å². The largest absolute Gasteiger partial charge is 0.433 e. The molecule has 0 heterocycles. The zero-order valence-corrected chi connectivity index (χ0v) is 12.5. The lowest BCUT2D eigenvalue weighted by Crippen LogP contribution is -2.02. The van der Waals surface area contributed by atoms with Crippen molar-refractivity contribution in [3.05, 3.63) is 63.1 Å². The van der Waals surface area contributed by atoms with Crippen LogP contribution in [0.25, 0.3) is 12.2 Å². The van der Waals surface area contributed by atoms with E-state index in [2.05, 4.69) is 20.7 Å². The van der Waals surface area contributed by atoms with Crippen molar-refractivity contribution in [3.63, 3.8) is 0 Å². The molecule has 0 radical (unpaired) electrons. The normalized spacial score (nSPS) is 11.2. The second-order valence-electron chi connectivity index (χ2n) is 3.96. The third-order valence-corrected chi connectivity index (χ3v) is 3.28. The lowest BCUT2D eigenvalue weighted by atomic mass is 10.1. The molecule has 2 rings (SSSR count). The monoisotopic (exact) mass is 358 g/mol. The Kier molecular flexibility index (Phi) is 5.15. The van der Waals surface area contributed by atoms with Gasteiger partial charge in [0.15, 0.2) is 0 Å². The minimum Gasteiger partial charge on any atom is -0.433 e. The molecule has 0 bridgehead atoms. The van der Waals surface area contributed by atoms with Crippen molar-refractivity contribution in [1.82, 2.24) is 0 Å². The minimum atomic E-state index is -2.88. The van der Waals surface area contributed by atoms with E-state index in [0.29, 0.717) is 0 Å². The fourth-order valence-electron chi connectivity index (χ4n) is 1.62. The molecule has 0 N–H and O–H groups in total. The van der Waals surface area contributed by atoms with E-state index >= 15 is 0 Å². The van der Waals surface area contributed by atoms with Crippen LogP contribution in [0, 0.1) is 0 Å². The third-order valence-electron chi connectivity index (χ3n) is 2.49. The van der Waals surface area contributed by atoms with Crippen LogP contribution in [-0.2, 0) is 0 Å². The molecule has 20 heavy (non-hydrogen) atoms. The summed E-state index contributed by atoms with van der Waals surface area (Å²) in [5.41, 5.74) is 1.82. The zero-order valence-electron chi connectivity index (χ0n) is 10.2. The molecule has 0 spiro atoms. The van der Waals surface area contributed by atoms with Gasteiger partial charge < -0.3 is 4.74 Å². The third kappa shape index (κ3) is 4.32. The van der Waals surface area contributed by atoms with Gasteiger partial charge >= 0.3 is 6.61 Å². The van der Waals surface area contributed by atoms with E-state index in [9.17, 15) is 8.78 Å². The lowest BCUT2D eigenvalue weighted by molar-refractivity contribution is -0.0497. The first-order valence-corrected chi connectivity index (χ1v) is 6.90. The molecule has 104 valence electrons. The SMILES string of the molecule is FC(F)Oc1ccc(C=Cc2cccc(Br)c2)cc1Cl. The topological polar surface area (TPSA) is 9.23 Å². The van der Waals surface area contributed by atoms with E-state index in [1.165, 1.54) is 6.07 Å². The van der Waals surface area contributed by atoms with Crippen LogP contribution in [0.5, 0.6) is 5.75 Å². The molecule has 0 atom stereocenters. The smallest absolute Gasteiger partial charge is 0.387 e. The van der Waals surface area contributed by atoms with Gasteiger partial charge in [-0.15, -0.1) is 0 Å².